The summed E-state index contributed by atoms with van der Waals surface area (Å²) in [6.07, 6.45) is 12.4. The number of H-pyrrole nitrogens is 1. The summed E-state index contributed by atoms with van der Waals surface area (Å²) in [6.45, 7) is 5.88. The molecule has 0 saturated heterocycles. The molecular weight excluding hydrogens is 436 g/mol. The van der Waals surface area contributed by atoms with E-state index in [1.165, 1.54) is 25.7 Å². The van der Waals surface area contributed by atoms with E-state index in [1.54, 1.807) is 13.1 Å². The van der Waals surface area contributed by atoms with Crippen LogP contribution in [0.3, 0.4) is 0 Å². The second kappa shape index (κ2) is 11.6. The van der Waals surface area contributed by atoms with Gasteiger partial charge in [-0.25, -0.2) is 4.98 Å². The number of fused-ring (bicyclic) bond motifs is 1. The van der Waals surface area contributed by atoms with Crippen LogP contribution in [0.5, 0.6) is 0 Å². The predicted octanol–water partition coefficient (Wildman–Crippen LogP) is 6.85. The molecule has 6 heteroatoms. The third-order valence-corrected chi connectivity index (χ3v) is 7.54. The molecular formula is C29H38N4O2. The Balaban J connectivity index is 0.000000243. The van der Waals surface area contributed by atoms with Crippen LogP contribution in [0.15, 0.2) is 36.5 Å². The maximum absolute atomic E-state index is 12.3. The SMILES string of the molecule is CC(=O)C1CCCCC1C.Cc1cc2nc(-c3ccc(NC(=O)C4CCCCC4)cc3)[nH]c2cn1. The van der Waals surface area contributed by atoms with Gasteiger partial charge in [0.1, 0.15) is 11.6 Å². The Kier molecular flexibility index (Phi) is 8.32. The minimum Gasteiger partial charge on any atom is -0.337 e. The smallest absolute Gasteiger partial charge is 0.227 e. The van der Waals surface area contributed by atoms with Gasteiger partial charge >= 0.3 is 0 Å². The molecule has 1 amide bonds. The average molecular weight is 475 g/mol. The fourth-order valence-corrected chi connectivity index (χ4v) is 5.39. The van der Waals surface area contributed by atoms with Gasteiger partial charge in [-0.3, -0.25) is 14.6 Å². The van der Waals surface area contributed by atoms with E-state index in [0.29, 0.717) is 17.6 Å². The summed E-state index contributed by atoms with van der Waals surface area (Å²) >= 11 is 0. The molecule has 5 rings (SSSR count). The third kappa shape index (κ3) is 6.56. The number of carbonyl (C=O) groups is 2. The van der Waals surface area contributed by atoms with Gasteiger partial charge in [-0.2, -0.15) is 0 Å². The Labute approximate surface area is 208 Å². The summed E-state index contributed by atoms with van der Waals surface area (Å²) < 4.78 is 0. The number of imidazole rings is 1. The molecule has 1 aromatic carbocycles. The highest BCUT2D eigenvalue weighted by Gasteiger charge is 2.24. The number of ketones is 1. The second-order valence-electron chi connectivity index (χ2n) is 10.3. The summed E-state index contributed by atoms with van der Waals surface area (Å²) in [5, 5.41) is 3.04. The number of aromatic nitrogens is 3. The lowest BCUT2D eigenvalue weighted by atomic mass is 9.78. The van der Waals surface area contributed by atoms with Crippen molar-refractivity contribution in [3.05, 3.63) is 42.2 Å². The zero-order chi connectivity index (χ0) is 24.8. The first kappa shape index (κ1) is 25.1. The fraction of sp³-hybridized carbons (Fsp3) is 0.517. The number of rotatable bonds is 4. The van der Waals surface area contributed by atoms with Crippen molar-refractivity contribution in [3.63, 3.8) is 0 Å². The van der Waals surface area contributed by atoms with Crippen LogP contribution >= 0.6 is 0 Å². The highest BCUT2D eigenvalue weighted by molar-refractivity contribution is 5.92. The number of Topliss-reactive ketones (excluding diaryl/α,β-unsaturated/α-hetero) is 1. The van der Waals surface area contributed by atoms with Gasteiger partial charge in [-0.05, 0) is 69.4 Å². The molecule has 2 aliphatic rings. The van der Waals surface area contributed by atoms with Crippen LogP contribution in [-0.2, 0) is 9.59 Å². The third-order valence-electron chi connectivity index (χ3n) is 7.54. The Morgan fingerprint density at radius 2 is 1.66 bits per heavy atom. The van der Waals surface area contributed by atoms with Gasteiger partial charge in [0.15, 0.2) is 0 Å². The van der Waals surface area contributed by atoms with Crippen molar-refractivity contribution in [2.45, 2.75) is 78.6 Å². The number of aromatic amines is 1. The molecule has 0 aliphatic heterocycles. The summed E-state index contributed by atoms with van der Waals surface area (Å²) in [5.41, 5.74) is 4.62. The van der Waals surface area contributed by atoms with E-state index in [-0.39, 0.29) is 11.8 Å². The maximum atomic E-state index is 12.3. The van der Waals surface area contributed by atoms with Crippen LogP contribution in [0.2, 0.25) is 0 Å². The topological polar surface area (TPSA) is 87.7 Å². The Morgan fingerprint density at radius 3 is 2.31 bits per heavy atom. The van der Waals surface area contributed by atoms with Crippen molar-refractivity contribution in [1.29, 1.82) is 0 Å². The summed E-state index contributed by atoms with van der Waals surface area (Å²) in [7, 11) is 0. The van der Waals surface area contributed by atoms with Crippen LogP contribution in [0.4, 0.5) is 5.69 Å². The van der Waals surface area contributed by atoms with E-state index in [1.807, 2.05) is 37.3 Å². The molecule has 2 aromatic heterocycles. The summed E-state index contributed by atoms with van der Waals surface area (Å²) in [4.78, 5) is 35.5. The standard InChI is InChI=1S/C20H22N4O.C9H16O/c1-13-11-17-18(12-21-13)24-19(23-17)14-7-9-16(10-8-14)22-20(25)15-5-3-2-4-6-15;1-7-5-3-4-6-9(7)8(2)10/h7-12,15H,2-6H2,1H3,(H,22,25)(H,23,24);7,9H,3-6H2,1-2H3. The predicted molar refractivity (Wildman–Crippen MR) is 141 cm³/mol. The van der Waals surface area contributed by atoms with E-state index in [0.717, 1.165) is 65.9 Å². The average Bonchev–Trinajstić information content (AvgIpc) is 3.29. The first-order chi connectivity index (χ1) is 16.9. The lowest BCUT2D eigenvalue weighted by molar-refractivity contribution is -0.123. The molecule has 186 valence electrons. The Bertz CT molecular complexity index is 1150. The number of nitrogens with one attached hydrogen (secondary N) is 2. The van der Waals surface area contributed by atoms with Gasteiger partial charge < -0.3 is 10.3 Å². The molecule has 2 atom stereocenters. The zero-order valence-corrected chi connectivity index (χ0v) is 21.3. The van der Waals surface area contributed by atoms with E-state index < -0.39 is 0 Å². The highest BCUT2D eigenvalue weighted by atomic mass is 16.2. The van der Waals surface area contributed by atoms with E-state index in [2.05, 4.69) is 27.2 Å². The maximum Gasteiger partial charge on any atom is 0.227 e. The number of amides is 1. The van der Waals surface area contributed by atoms with Crippen molar-refractivity contribution < 1.29 is 9.59 Å². The first-order valence-corrected chi connectivity index (χ1v) is 13.1. The van der Waals surface area contributed by atoms with E-state index in [4.69, 9.17) is 0 Å². The molecule has 2 N–H and O–H groups in total. The van der Waals surface area contributed by atoms with E-state index in [9.17, 15) is 9.59 Å². The van der Waals surface area contributed by atoms with Crippen LogP contribution in [0, 0.1) is 24.7 Å². The van der Waals surface area contributed by atoms with Gasteiger partial charge in [0.05, 0.1) is 17.2 Å². The first-order valence-electron chi connectivity index (χ1n) is 13.1. The lowest BCUT2D eigenvalue weighted by Gasteiger charge is -2.26. The number of nitrogens with zero attached hydrogens (tertiary/aromatic N) is 2. The van der Waals surface area contributed by atoms with Crippen molar-refractivity contribution >= 4 is 28.4 Å². The van der Waals surface area contributed by atoms with Gasteiger partial charge in [0.25, 0.3) is 0 Å². The van der Waals surface area contributed by atoms with Gasteiger partial charge in [0.2, 0.25) is 5.91 Å². The van der Waals surface area contributed by atoms with Crippen molar-refractivity contribution in [2.24, 2.45) is 17.8 Å². The molecule has 2 heterocycles. The minimum atomic E-state index is 0.151. The van der Waals surface area contributed by atoms with Gasteiger partial charge in [-0.15, -0.1) is 0 Å². The fourth-order valence-electron chi connectivity index (χ4n) is 5.39. The van der Waals surface area contributed by atoms with Crippen LogP contribution in [0.25, 0.3) is 22.4 Å². The number of benzene rings is 1. The number of aryl methyl sites for hydroxylation is 1. The number of hydrogen-bond acceptors (Lipinski definition) is 4. The molecule has 6 nitrogen and oxygen atoms in total. The quantitative estimate of drug-likeness (QED) is 0.433. The van der Waals surface area contributed by atoms with Crippen molar-refractivity contribution in [2.75, 3.05) is 5.32 Å². The molecule has 3 aromatic rings. The molecule has 2 unspecified atom stereocenters. The number of hydrogen-bond donors (Lipinski definition) is 2. The molecule has 0 spiro atoms. The Hall–Kier alpha value is -3.02. The van der Waals surface area contributed by atoms with E-state index >= 15 is 0 Å². The summed E-state index contributed by atoms with van der Waals surface area (Å²) in [5.74, 6) is 2.55. The summed E-state index contributed by atoms with van der Waals surface area (Å²) in [6, 6.07) is 9.80. The highest BCUT2D eigenvalue weighted by Crippen LogP contribution is 2.30. The number of pyridine rings is 1. The number of carbonyl (C=O) groups excluding carboxylic acids is 2. The molecule has 2 saturated carbocycles. The second-order valence-corrected chi connectivity index (χ2v) is 10.3. The van der Waals surface area contributed by atoms with Crippen molar-refractivity contribution in [1.82, 2.24) is 15.0 Å². The van der Waals surface area contributed by atoms with Crippen molar-refractivity contribution in [3.8, 4) is 11.4 Å². The molecule has 0 bridgehead atoms. The number of anilines is 1. The van der Waals surface area contributed by atoms with Crippen LogP contribution in [0.1, 0.15) is 77.3 Å². The zero-order valence-electron chi connectivity index (χ0n) is 21.3. The Morgan fingerprint density at radius 1 is 0.971 bits per heavy atom. The molecule has 2 aliphatic carbocycles. The van der Waals surface area contributed by atoms with Gasteiger partial charge in [0, 0.05) is 28.8 Å². The van der Waals surface area contributed by atoms with Crippen LogP contribution < -0.4 is 5.32 Å². The van der Waals surface area contributed by atoms with Crippen LogP contribution in [-0.4, -0.2) is 26.6 Å². The monoisotopic (exact) mass is 474 g/mol. The normalized spacial score (nSPS) is 20.7. The molecule has 2 fully saturated rings. The largest absolute Gasteiger partial charge is 0.337 e. The molecule has 0 radical (unpaired) electrons. The minimum absolute atomic E-state index is 0.151. The molecule has 35 heavy (non-hydrogen) atoms. The lowest BCUT2D eigenvalue weighted by Crippen LogP contribution is -2.24. The van der Waals surface area contributed by atoms with Gasteiger partial charge in [-0.1, -0.05) is 45.4 Å².